The van der Waals surface area contributed by atoms with E-state index in [1.807, 2.05) is 0 Å². The Hall–Kier alpha value is -3.22. The van der Waals surface area contributed by atoms with Crippen LogP contribution in [0.4, 0.5) is 4.39 Å². The van der Waals surface area contributed by atoms with E-state index in [1.54, 1.807) is 12.1 Å². The van der Waals surface area contributed by atoms with Crippen molar-refractivity contribution in [2.75, 3.05) is 20.2 Å². The molecule has 0 fully saturated rings. The van der Waals surface area contributed by atoms with Crippen molar-refractivity contribution in [3.05, 3.63) is 47.5 Å². The molecule has 1 aliphatic heterocycles. The maximum atomic E-state index is 13.1. The normalized spacial score (nSPS) is 21.8. The molecule has 1 heterocycles. The van der Waals surface area contributed by atoms with Crippen LogP contribution in [0.25, 0.3) is 0 Å². The lowest BCUT2D eigenvalue weighted by Gasteiger charge is -2.39. The molecule has 11 nitrogen and oxygen atoms in total. The van der Waals surface area contributed by atoms with Gasteiger partial charge < -0.3 is 41.7 Å². The minimum Gasteiger partial charge on any atom is -0.480 e. The number of hydrogen-bond donors (Lipinski definition) is 6. The molecular formula is C21H30FN5O6. The zero-order valence-electron chi connectivity index (χ0n) is 18.4. The van der Waals surface area contributed by atoms with E-state index in [4.69, 9.17) is 16.2 Å². The molecule has 0 saturated heterocycles. The Bertz CT molecular complexity index is 890. The van der Waals surface area contributed by atoms with Crippen LogP contribution in [0.5, 0.6) is 0 Å². The molecule has 182 valence electrons. The third-order valence-electron chi connectivity index (χ3n) is 5.10. The monoisotopic (exact) mass is 467 g/mol. The van der Waals surface area contributed by atoms with Crippen LogP contribution in [0.15, 0.2) is 41.1 Å². The Morgan fingerprint density at radius 1 is 1.27 bits per heavy atom. The second-order valence-corrected chi connectivity index (χ2v) is 7.73. The summed E-state index contributed by atoms with van der Waals surface area (Å²) < 4.78 is 18.8. The number of aliphatic hydroxyl groups excluding tert-OH is 3. The Morgan fingerprint density at radius 2 is 1.91 bits per heavy atom. The van der Waals surface area contributed by atoms with Gasteiger partial charge in [-0.25, -0.2) is 9.38 Å². The number of carbonyl (C=O) groups is 2. The van der Waals surface area contributed by atoms with Crippen LogP contribution < -0.4 is 16.8 Å². The Kier molecular flexibility index (Phi) is 9.14. The zero-order chi connectivity index (χ0) is 24.7. The van der Waals surface area contributed by atoms with Gasteiger partial charge in [-0.1, -0.05) is 12.1 Å². The molecule has 0 radical (unpaired) electrons. The first-order chi connectivity index (χ1) is 15.5. The van der Waals surface area contributed by atoms with Gasteiger partial charge in [-0.3, -0.25) is 9.59 Å². The number of nitrogens with one attached hydrogen (secondary N) is 1. The van der Waals surface area contributed by atoms with E-state index in [1.165, 1.54) is 37.1 Å². The van der Waals surface area contributed by atoms with Gasteiger partial charge in [-0.2, -0.15) is 0 Å². The van der Waals surface area contributed by atoms with Gasteiger partial charge >= 0.3 is 0 Å². The van der Waals surface area contributed by atoms with Crippen LogP contribution in [0.2, 0.25) is 0 Å². The van der Waals surface area contributed by atoms with Crippen LogP contribution in [-0.2, 0) is 20.7 Å². The maximum Gasteiger partial charge on any atom is 0.288 e. The summed E-state index contributed by atoms with van der Waals surface area (Å²) in [4.78, 5) is 30.1. The number of halogens is 1. The first-order valence-corrected chi connectivity index (χ1v) is 10.2. The number of aliphatic hydroxyl groups is 3. The number of nitrogens with two attached hydrogens (primary N) is 2. The Labute approximate surface area is 190 Å². The molecule has 1 aromatic rings. The van der Waals surface area contributed by atoms with E-state index in [2.05, 4.69) is 10.3 Å². The lowest BCUT2D eigenvalue weighted by Crippen LogP contribution is -2.60. The summed E-state index contributed by atoms with van der Waals surface area (Å²) in [6.07, 6.45) is -2.89. The summed E-state index contributed by atoms with van der Waals surface area (Å²) >= 11 is 0. The number of benzene rings is 1. The number of likely N-dealkylation sites (N-methyl/N-ethyl adjacent to an activating group) is 1. The molecule has 2 rings (SSSR count). The number of ether oxygens (including phenoxy) is 1. The predicted octanol–water partition coefficient (Wildman–Crippen LogP) is -2.03. The fraction of sp³-hybridized carbons (Fsp3) is 0.476. The minimum atomic E-state index is -1.68. The molecule has 0 saturated carbocycles. The van der Waals surface area contributed by atoms with Gasteiger partial charge in [0.2, 0.25) is 5.91 Å². The predicted molar refractivity (Wildman–Crippen MR) is 117 cm³/mol. The van der Waals surface area contributed by atoms with Crippen molar-refractivity contribution >= 4 is 17.8 Å². The van der Waals surface area contributed by atoms with Crippen LogP contribution in [0.1, 0.15) is 12.5 Å². The lowest BCUT2D eigenvalue weighted by molar-refractivity contribution is -0.140. The molecule has 0 unspecified atom stereocenters. The molecule has 0 aromatic heterocycles. The summed E-state index contributed by atoms with van der Waals surface area (Å²) in [5.74, 6) is -1.96. The average molecular weight is 467 g/mol. The molecule has 0 aliphatic carbocycles. The number of rotatable bonds is 9. The number of guanidine groups is 1. The standard InChI is InChI=1S/C21H30FN5O6/c1-11(29)25-17-14(26-21(23)24)9-16(33-19(17)18(31)15(30)10-28)20(32)27(2)8-7-12-3-5-13(22)6-4-12/h3-6,9,14-15,17-19,28,30-31H,7-8,10H2,1-2H3,(H,25,29)(H4,23,24,26)/t14-,15+,17+,18+,19+/m0/s1. The van der Waals surface area contributed by atoms with Crippen LogP contribution in [0, 0.1) is 5.82 Å². The van der Waals surface area contributed by atoms with E-state index in [0.29, 0.717) is 6.42 Å². The molecule has 1 aromatic carbocycles. The summed E-state index contributed by atoms with van der Waals surface area (Å²) in [6.45, 7) is 0.706. The van der Waals surface area contributed by atoms with Crippen molar-refractivity contribution in [3.8, 4) is 0 Å². The summed E-state index contributed by atoms with van der Waals surface area (Å²) in [7, 11) is 1.53. The van der Waals surface area contributed by atoms with Crippen molar-refractivity contribution in [2.45, 2.75) is 43.7 Å². The van der Waals surface area contributed by atoms with Crippen molar-refractivity contribution in [2.24, 2.45) is 16.5 Å². The molecule has 0 spiro atoms. The van der Waals surface area contributed by atoms with Crippen LogP contribution in [-0.4, -0.2) is 88.6 Å². The minimum absolute atomic E-state index is 0.206. The molecule has 0 bridgehead atoms. The number of hydrogen-bond acceptors (Lipinski definition) is 7. The fourth-order valence-corrected chi connectivity index (χ4v) is 3.37. The van der Waals surface area contributed by atoms with E-state index >= 15 is 0 Å². The highest BCUT2D eigenvalue weighted by atomic mass is 19.1. The van der Waals surface area contributed by atoms with Crippen LogP contribution in [0.3, 0.4) is 0 Å². The van der Waals surface area contributed by atoms with Gasteiger partial charge in [-0.15, -0.1) is 0 Å². The van der Waals surface area contributed by atoms with Gasteiger partial charge in [-0.05, 0) is 30.2 Å². The molecule has 1 aliphatic rings. The Balaban J connectivity index is 2.29. The molecule has 33 heavy (non-hydrogen) atoms. The van der Waals surface area contributed by atoms with E-state index in [-0.39, 0.29) is 24.1 Å². The number of amides is 2. The van der Waals surface area contributed by atoms with E-state index < -0.39 is 48.8 Å². The van der Waals surface area contributed by atoms with Gasteiger partial charge in [0, 0.05) is 20.5 Å². The van der Waals surface area contributed by atoms with E-state index in [9.17, 15) is 29.3 Å². The second kappa shape index (κ2) is 11.6. The number of carbonyl (C=O) groups excluding carboxylic acids is 2. The lowest BCUT2D eigenvalue weighted by atomic mass is 9.92. The summed E-state index contributed by atoms with van der Waals surface area (Å²) in [5, 5.41) is 32.2. The largest absolute Gasteiger partial charge is 0.480 e. The number of nitrogens with zero attached hydrogens (tertiary/aromatic N) is 2. The topological polar surface area (TPSA) is 184 Å². The third kappa shape index (κ3) is 7.14. The fourth-order valence-electron chi connectivity index (χ4n) is 3.37. The van der Waals surface area contributed by atoms with Crippen molar-refractivity contribution in [1.82, 2.24) is 10.2 Å². The summed E-state index contributed by atoms with van der Waals surface area (Å²) in [6, 6.07) is 3.83. The third-order valence-corrected chi connectivity index (χ3v) is 5.10. The number of aliphatic imine (C=N–C) groups is 1. The van der Waals surface area contributed by atoms with Crippen molar-refractivity contribution in [1.29, 1.82) is 0 Å². The smallest absolute Gasteiger partial charge is 0.288 e. The second-order valence-electron chi connectivity index (χ2n) is 7.73. The maximum absolute atomic E-state index is 13.1. The van der Waals surface area contributed by atoms with Crippen molar-refractivity contribution in [3.63, 3.8) is 0 Å². The molecule has 8 N–H and O–H groups in total. The summed E-state index contributed by atoms with van der Waals surface area (Å²) in [5.41, 5.74) is 11.8. The molecule has 12 heteroatoms. The van der Waals surface area contributed by atoms with Gasteiger partial charge in [0.1, 0.15) is 24.1 Å². The van der Waals surface area contributed by atoms with Gasteiger partial charge in [0.15, 0.2) is 11.7 Å². The molecular weight excluding hydrogens is 437 g/mol. The first kappa shape index (κ1) is 26.0. The highest BCUT2D eigenvalue weighted by Gasteiger charge is 2.44. The van der Waals surface area contributed by atoms with Crippen LogP contribution >= 0.6 is 0 Å². The van der Waals surface area contributed by atoms with E-state index in [0.717, 1.165) is 5.56 Å². The molecule has 2 amide bonds. The zero-order valence-corrected chi connectivity index (χ0v) is 18.4. The Morgan fingerprint density at radius 3 is 2.45 bits per heavy atom. The van der Waals surface area contributed by atoms with Crippen molar-refractivity contribution < 1.29 is 34.0 Å². The van der Waals surface area contributed by atoms with Gasteiger partial charge in [0.05, 0.1) is 18.7 Å². The highest BCUT2D eigenvalue weighted by Crippen LogP contribution is 2.26. The first-order valence-electron chi connectivity index (χ1n) is 10.2. The highest BCUT2D eigenvalue weighted by molar-refractivity contribution is 5.92. The molecule has 5 atom stereocenters. The average Bonchev–Trinajstić information content (AvgIpc) is 2.77. The SMILES string of the molecule is CC(=O)N[C@H]1[C@H]([C@H](O)[C@H](O)CO)OC(C(=O)N(C)CCc2ccc(F)cc2)=C[C@@H]1N=C(N)N. The van der Waals surface area contributed by atoms with Gasteiger partial charge in [0.25, 0.3) is 5.91 Å². The quantitative estimate of drug-likeness (QED) is 0.177.